The van der Waals surface area contributed by atoms with E-state index in [1.165, 1.54) is 18.6 Å². The fourth-order valence-corrected chi connectivity index (χ4v) is 1.82. The molecule has 2 N–H and O–H groups in total. The SMILES string of the molecule is N[C@@H](c1ccc(F)cc1F)C1CCC1. The van der Waals surface area contributed by atoms with Crippen LogP contribution < -0.4 is 5.73 Å². The van der Waals surface area contributed by atoms with Crippen LogP contribution in [0.2, 0.25) is 0 Å². The summed E-state index contributed by atoms with van der Waals surface area (Å²) in [6.45, 7) is 0. The highest BCUT2D eigenvalue weighted by Gasteiger charge is 2.27. The van der Waals surface area contributed by atoms with E-state index in [4.69, 9.17) is 5.73 Å². The fourth-order valence-electron chi connectivity index (χ4n) is 1.82. The van der Waals surface area contributed by atoms with Gasteiger partial charge in [-0.25, -0.2) is 8.78 Å². The highest BCUT2D eigenvalue weighted by Crippen LogP contribution is 2.36. The molecule has 1 aromatic carbocycles. The fraction of sp³-hybridized carbons (Fsp3) is 0.455. The van der Waals surface area contributed by atoms with Crippen LogP contribution in [-0.2, 0) is 0 Å². The first-order valence-electron chi connectivity index (χ1n) is 4.89. The van der Waals surface area contributed by atoms with E-state index in [-0.39, 0.29) is 6.04 Å². The molecule has 1 atom stereocenters. The van der Waals surface area contributed by atoms with Crippen LogP contribution in [0, 0.1) is 17.6 Å². The molecule has 0 unspecified atom stereocenters. The minimum absolute atomic E-state index is 0.274. The summed E-state index contributed by atoms with van der Waals surface area (Å²) in [4.78, 5) is 0. The van der Waals surface area contributed by atoms with E-state index in [0.29, 0.717) is 11.5 Å². The summed E-state index contributed by atoms with van der Waals surface area (Å²) in [5.74, 6) is -0.702. The lowest BCUT2D eigenvalue weighted by Crippen LogP contribution is -2.27. The van der Waals surface area contributed by atoms with Crippen LogP contribution in [0.25, 0.3) is 0 Å². The standard InChI is InChI=1S/C11H13F2N/c12-8-4-5-9(10(13)6-8)11(14)7-2-1-3-7/h4-7,11H,1-3,14H2/t11-/m1/s1. The lowest BCUT2D eigenvalue weighted by Gasteiger charge is -2.31. The molecule has 0 aromatic heterocycles. The molecular formula is C11H13F2N. The number of halogens is 2. The van der Waals surface area contributed by atoms with Crippen LogP contribution >= 0.6 is 0 Å². The van der Waals surface area contributed by atoms with Crippen molar-refractivity contribution in [2.45, 2.75) is 25.3 Å². The predicted molar refractivity (Wildman–Crippen MR) is 50.6 cm³/mol. The van der Waals surface area contributed by atoms with Gasteiger partial charge < -0.3 is 5.73 Å². The molecule has 1 aliphatic carbocycles. The van der Waals surface area contributed by atoms with Crippen LogP contribution in [-0.4, -0.2) is 0 Å². The number of benzene rings is 1. The minimum Gasteiger partial charge on any atom is -0.324 e. The molecular weight excluding hydrogens is 184 g/mol. The van der Waals surface area contributed by atoms with Crippen molar-refractivity contribution in [3.05, 3.63) is 35.4 Å². The molecule has 0 saturated heterocycles. The Bertz CT molecular complexity index is 334. The van der Waals surface area contributed by atoms with Crippen LogP contribution in [0.15, 0.2) is 18.2 Å². The third-order valence-electron chi connectivity index (χ3n) is 2.98. The Hall–Kier alpha value is -0.960. The summed E-state index contributed by atoms with van der Waals surface area (Å²) >= 11 is 0. The van der Waals surface area contributed by atoms with Gasteiger partial charge in [-0.05, 0) is 24.8 Å². The normalized spacial score (nSPS) is 19.1. The highest BCUT2D eigenvalue weighted by atomic mass is 19.1. The minimum atomic E-state index is -0.549. The molecule has 1 aromatic rings. The largest absolute Gasteiger partial charge is 0.324 e. The Kier molecular flexibility index (Phi) is 2.50. The van der Waals surface area contributed by atoms with E-state index in [1.807, 2.05) is 0 Å². The average Bonchev–Trinajstić information content (AvgIpc) is 2.00. The number of hydrogen-bond acceptors (Lipinski definition) is 1. The van der Waals surface area contributed by atoms with Crippen molar-refractivity contribution in [3.8, 4) is 0 Å². The maximum absolute atomic E-state index is 13.3. The van der Waals surface area contributed by atoms with E-state index >= 15 is 0 Å². The van der Waals surface area contributed by atoms with E-state index in [9.17, 15) is 8.78 Å². The van der Waals surface area contributed by atoms with E-state index < -0.39 is 11.6 Å². The quantitative estimate of drug-likeness (QED) is 0.775. The topological polar surface area (TPSA) is 26.0 Å². The molecule has 1 aliphatic rings. The van der Waals surface area contributed by atoms with Crippen molar-refractivity contribution in [1.29, 1.82) is 0 Å². The molecule has 0 heterocycles. The lowest BCUT2D eigenvalue weighted by atomic mass is 9.77. The zero-order chi connectivity index (χ0) is 10.1. The summed E-state index contributed by atoms with van der Waals surface area (Å²) in [7, 11) is 0. The third kappa shape index (κ3) is 1.64. The summed E-state index contributed by atoms with van der Waals surface area (Å²) < 4.78 is 25.9. The Labute approximate surface area is 81.9 Å². The van der Waals surface area contributed by atoms with Gasteiger partial charge in [-0.2, -0.15) is 0 Å². The van der Waals surface area contributed by atoms with Gasteiger partial charge in [0.2, 0.25) is 0 Å². The first-order chi connectivity index (χ1) is 6.68. The Morgan fingerprint density at radius 2 is 2.00 bits per heavy atom. The van der Waals surface area contributed by atoms with Crippen LogP contribution in [0.1, 0.15) is 30.9 Å². The van der Waals surface area contributed by atoms with Gasteiger partial charge in [0.05, 0.1) is 0 Å². The van der Waals surface area contributed by atoms with Gasteiger partial charge in [0, 0.05) is 17.7 Å². The second kappa shape index (κ2) is 3.65. The first kappa shape index (κ1) is 9.59. The zero-order valence-corrected chi connectivity index (χ0v) is 7.84. The molecule has 2 rings (SSSR count). The molecule has 0 spiro atoms. The molecule has 1 saturated carbocycles. The van der Waals surface area contributed by atoms with Crippen molar-refractivity contribution in [2.75, 3.05) is 0 Å². The van der Waals surface area contributed by atoms with E-state index in [0.717, 1.165) is 18.9 Å². The molecule has 0 bridgehead atoms. The van der Waals surface area contributed by atoms with Crippen molar-refractivity contribution in [1.82, 2.24) is 0 Å². The van der Waals surface area contributed by atoms with Crippen molar-refractivity contribution in [2.24, 2.45) is 11.7 Å². The number of nitrogens with two attached hydrogens (primary N) is 1. The van der Waals surface area contributed by atoms with Gasteiger partial charge in [-0.1, -0.05) is 12.5 Å². The van der Waals surface area contributed by atoms with E-state index in [2.05, 4.69) is 0 Å². The maximum Gasteiger partial charge on any atom is 0.130 e. The molecule has 0 radical (unpaired) electrons. The molecule has 1 nitrogen and oxygen atoms in total. The maximum atomic E-state index is 13.3. The monoisotopic (exact) mass is 197 g/mol. The molecule has 14 heavy (non-hydrogen) atoms. The lowest BCUT2D eigenvalue weighted by molar-refractivity contribution is 0.260. The third-order valence-corrected chi connectivity index (χ3v) is 2.98. The van der Waals surface area contributed by atoms with Gasteiger partial charge >= 0.3 is 0 Å². The van der Waals surface area contributed by atoms with Crippen molar-refractivity contribution >= 4 is 0 Å². The molecule has 76 valence electrons. The van der Waals surface area contributed by atoms with Gasteiger partial charge in [-0.15, -0.1) is 0 Å². The second-order valence-electron chi connectivity index (χ2n) is 3.88. The summed E-state index contributed by atoms with van der Waals surface area (Å²) in [6.07, 6.45) is 3.27. The summed E-state index contributed by atoms with van der Waals surface area (Å²) in [5, 5.41) is 0. The van der Waals surface area contributed by atoms with Crippen molar-refractivity contribution < 1.29 is 8.78 Å². The summed E-state index contributed by atoms with van der Waals surface area (Å²) in [6, 6.07) is 3.34. The van der Waals surface area contributed by atoms with Gasteiger partial charge in [0.1, 0.15) is 11.6 Å². The highest BCUT2D eigenvalue weighted by molar-refractivity contribution is 5.22. The second-order valence-corrected chi connectivity index (χ2v) is 3.88. The van der Waals surface area contributed by atoms with Gasteiger partial charge in [-0.3, -0.25) is 0 Å². The van der Waals surface area contributed by atoms with Crippen LogP contribution in [0.3, 0.4) is 0 Å². The van der Waals surface area contributed by atoms with Gasteiger partial charge in [0.15, 0.2) is 0 Å². The molecule has 1 fully saturated rings. The first-order valence-corrected chi connectivity index (χ1v) is 4.89. The predicted octanol–water partition coefficient (Wildman–Crippen LogP) is 2.76. The number of rotatable bonds is 2. The van der Waals surface area contributed by atoms with Gasteiger partial charge in [0.25, 0.3) is 0 Å². The molecule has 0 aliphatic heterocycles. The molecule has 0 amide bonds. The Morgan fingerprint density at radius 1 is 1.29 bits per heavy atom. The van der Waals surface area contributed by atoms with Crippen molar-refractivity contribution in [3.63, 3.8) is 0 Å². The Balaban J connectivity index is 2.22. The number of hydrogen-bond donors (Lipinski definition) is 1. The Morgan fingerprint density at radius 3 is 2.50 bits per heavy atom. The summed E-state index contributed by atoms with van der Waals surface area (Å²) in [5.41, 5.74) is 6.33. The average molecular weight is 197 g/mol. The van der Waals surface area contributed by atoms with Crippen LogP contribution in [0.5, 0.6) is 0 Å². The van der Waals surface area contributed by atoms with Crippen LogP contribution in [0.4, 0.5) is 8.78 Å². The molecule has 3 heteroatoms. The smallest absolute Gasteiger partial charge is 0.130 e. The zero-order valence-electron chi connectivity index (χ0n) is 7.84. The van der Waals surface area contributed by atoms with E-state index in [1.54, 1.807) is 0 Å².